The molecule has 1 atom stereocenters. The van der Waals surface area contributed by atoms with Crippen LogP contribution in [0.2, 0.25) is 5.02 Å². The number of benzene rings is 1. The molecule has 2 rings (SSSR count). The van der Waals surface area contributed by atoms with Crippen molar-refractivity contribution in [2.45, 2.75) is 31.7 Å². The Labute approximate surface area is 112 Å². The van der Waals surface area contributed by atoms with E-state index in [1.54, 1.807) is 25.3 Å². The van der Waals surface area contributed by atoms with E-state index in [1.165, 1.54) is 0 Å². The van der Waals surface area contributed by atoms with Crippen LogP contribution >= 0.6 is 11.6 Å². The molecule has 0 bridgehead atoms. The maximum absolute atomic E-state index is 12.2. The van der Waals surface area contributed by atoms with Gasteiger partial charge in [-0.2, -0.15) is 0 Å². The quantitative estimate of drug-likeness (QED) is 0.911. The van der Waals surface area contributed by atoms with E-state index in [0.29, 0.717) is 11.4 Å². The number of hydrogen-bond acceptors (Lipinski definition) is 3. The Kier molecular flexibility index (Phi) is 4.61. The first-order valence-electron chi connectivity index (χ1n) is 6.29. The lowest BCUT2D eigenvalue weighted by Crippen LogP contribution is -2.41. The second-order valence-electron chi connectivity index (χ2n) is 4.60. The topological polar surface area (TPSA) is 38.3 Å². The third kappa shape index (κ3) is 3.24. The molecule has 18 heavy (non-hydrogen) atoms. The number of hydrogen-bond donors (Lipinski definition) is 1. The van der Waals surface area contributed by atoms with Gasteiger partial charge < -0.3 is 10.1 Å². The minimum absolute atomic E-state index is 0.0116. The van der Waals surface area contributed by atoms with Crippen LogP contribution in [0.15, 0.2) is 18.2 Å². The van der Waals surface area contributed by atoms with Gasteiger partial charge in [-0.1, -0.05) is 18.0 Å². The fourth-order valence-corrected chi connectivity index (χ4v) is 2.52. The molecule has 0 spiro atoms. The van der Waals surface area contributed by atoms with Crippen LogP contribution in [0.3, 0.4) is 0 Å². The van der Waals surface area contributed by atoms with E-state index in [2.05, 4.69) is 5.32 Å². The summed E-state index contributed by atoms with van der Waals surface area (Å²) in [6, 6.07) is 5.37. The molecule has 1 aliphatic heterocycles. The fourth-order valence-electron chi connectivity index (χ4n) is 2.32. The van der Waals surface area contributed by atoms with Gasteiger partial charge in [0.25, 0.3) is 0 Å². The van der Waals surface area contributed by atoms with E-state index in [9.17, 15) is 4.79 Å². The number of carbonyl (C=O) groups is 1. The van der Waals surface area contributed by atoms with Gasteiger partial charge in [0.2, 0.25) is 0 Å². The van der Waals surface area contributed by atoms with Crippen molar-refractivity contribution in [1.29, 1.82) is 0 Å². The zero-order valence-corrected chi connectivity index (χ0v) is 11.3. The Bertz CT molecular complexity index is 428. The van der Waals surface area contributed by atoms with Crippen LogP contribution in [-0.4, -0.2) is 25.5 Å². The standard InChI is InChI=1S/C14H18ClNO2/c1-18-14-6-5-11(15)8-10(14)9-13(17)12-4-2-3-7-16-12/h5-6,8,12,16H,2-4,7,9H2,1H3. The molecule has 0 radical (unpaired) electrons. The van der Waals surface area contributed by atoms with Gasteiger partial charge in [-0.15, -0.1) is 0 Å². The largest absolute Gasteiger partial charge is 0.496 e. The molecule has 1 aromatic carbocycles. The highest BCUT2D eigenvalue weighted by Gasteiger charge is 2.21. The molecule has 4 heteroatoms. The summed E-state index contributed by atoms with van der Waals surface area (Å²) in [5.41, 5.74) is 0.863. The monoisotopic (exact) mass is 267 g/mol. The normalized spacial score (nSPS) is 19.6. The Balaban J connectivity index is 2.07. The second kappa shape index (κ2) is 6.21. The van der Waals surface area contributed by atoms with E-state index in [0.717, 1.165) is 37.1 Å². The Hall–Kier alpha value is -1.06. The van der Waals surface area contributed by atoms with Crippen LogP contribution < -0.4 is 10.1 Å². The molecule has 98 valence electrons. The molecule has 1 fully saturated rings. The van der Waals surface area contributed by atoms with Crippen molar-refractivity contribution in [3.63, 3.8) is 0 Å². The minimum atomic E-state index is -0.0116. The molecule has 3 nitrogen and oxygen atoms in total. The van der Waals surface area contributed by atoms with Crippen molar-refractivity contribution in [3.8, 4) is 5.75 Å². The van der Waals surface area contributed by atoms with E-state index in [4.69, 9.17) is 16.3 Å². The molecule has 1 aliphatic rings. The first-order valence-corrected chi connectivity index (χ1v) is 6.67. The number of nitrogens with one attached hydrogen (secondary N) is 1. The highest BCUT2D eigenvalue weighted by atomic mass is 35.5. The van der Waals surface area contributed by atoms with Crippen molar-refractivity contribution in [3.05, 3.63) is 28.8 Å². The summed E-state index contributed by atoms with van der Waals surface area (Å²) in [4.78, 5) is 12.2. The third-order valence-corrected chi connectivity index (χ3v) is 3.54. The molecule has 1 saturated heterocycles. The molecule has 1 N–H and O–H groups in total. The second-order valence-corrected chi connectivity index (χ2v) is 5.04. The van der Waals surface area contributed by atoms with Crippen LogP contribution in [-0.2, 0) is 11.2 Å². The molecule has 1 heterocycles. The van der Waals surface area contributed by atoms with Gasteiger partial charge in [0, 0.05) is 17.0 Å². The Morgan fingerprint density at radius 1 is 1.50 bits per heavy atom. The summed E-state index contributed by atoms with van der Waals surface area (Å²) in [6.45, 7) is 0.934. The lowest BCUT2D eigenvalue weighted by molar-refractivity contribution is -0.120. The van der Waals surface area contributed by atoms with Crippen molar-refractivity contribution < 1.29 is 9.53 Å². The zero-order valence-electron chi connectivity index (χ0n) is 10.5. The Morgan fingerprint density at radius 2 is 2.33 bits per heavy atom. The van der Waals surface area contributed by atoms with Gasteiger partial charge in [0.1, 0.15) is 5.75 Å². The predicted octanol–water partition coefficient (Wildman–Crippen LogP) is 2.60. The minimum Gasteiger partial charge on any atom is -0.496 e. The number of ketones is 1. The molecule has 1 aromatic rings. The van der Waals surface area contributed by atoms with E-state index in [-0.39, 0.29) is 11.8 Å². The smallest absolute Gasteiger partial charge is 0.154 e. The van der Waals surface area contributed by atoms with E-state index >= 15 is 0 Å². The van der Waals surface area contributed by atoms with Gasteiger partial charge in [0.05, 0.1) is 13.2 Å². The van der Waals surface area contributed by atoms with Crippen LogP contribution in [0.1, 0.15) is 24.8 Å². The van der Waals surface area contributed by atoms with Gasteiger partial charge in [-0.25, -0.2) is 0 Å². The summed E-state index contributed by atoms with van der Waals surface area (Å²) in [5.74, 6) is 0.943. The maximum Gasteiger partial charge on any atom is 0.154 e. The number of Topliss-reactive ketones (excluding diaryl/α,β-unsaturated/α-hetero) is 1. The van der Waals surface area contributed by atoms with Crippen LogP contribution in [0, 0.1) is 0 Å². The zero-order chi connectivity index (χ0) is 13.0. The number of carbonyl (C=O) groups excluding carboxylic acids is 1. The predicted molar refractivity (Wildman–Crippen MR) is 72.4 cm³/mol. The van der Waals surface area contributed by atoms with Crippen molar-refractivity contribution in [1.82, 2.24) is 5.32 Å². The van der Waals surface area contributed by atoms with Crippen LogP contribution in [0.25, 0.3) is 0 Å². The summed E-state index contributed by atoms with van der Waals surface area (Å²) in [5, 5.41) is 3.90. The number of methoxy groups -OCH3 is 1. The molecule has 0 saturated carbocycles. The highest BCUT2D eigenvalue weighted by Crippen LogP contribution is 2.24. The molecular formula is C14H18ClNO2. The number of rotatable bonds is 4. The summed E-state index contributed by atoms with van der Waals surface area (Å²) >= 11 is 5.96. The van der Waals surface area contributed by atoms with Crippen molar-refractivity contribution >= 4 is 17.4 Å². The molecular weight excluding hydrogens is 250 g/mol. The maximum atomic E-state index is 12.2. The summed E-state index contributed by atoms with van der Waals surface area (Å²) in [6.07, 6.45) is 3.59. The summed E-state index contributed by atoms with van der Waals surface area (Å²) < 4.78 is 5.26. The van der Waals surface area contributed by atoms with Crippen LogP contribution in [0.4, 0.5) is 0 Å². The summed E-state index contributed by atoms with van der Waals surface area (Å²) in [7, 11) is 1.61. The first-order chi connectivity index (χ1) is 8.70. The lowest BCUT2D eigenvalue weighted by Gasteiger charge is -2.22. The number of halogens is 1. The van der Waals surface area contributed by atoms with Gasteiger partial charge in [-0.3, -0.25) is 4.79 Å². The molecule has 0 aliphatic carbocycles. The molecule has 1 unspecified atom stereocenters. The van der Waals surface area contributed by atoms with E-state index in [1.807, 2.05) is 0 Å². The van der Waals surface area contributed by atoms with Gasteiger partial charge in [-0.05, 0) is 37.6 Å². The fraction of sp³-hybridized carbons (Fsp3) is 0.500. The molecule has 0 aromatic heterocycles. The third-order valence-electron chi connectivity index (χ3n) is 3.31. The van der Waals surface area contributed by atoms with Crippen LogP contribution in [0.5, 0.6) is 5.75 Å². The van der Waals surface area contributed by atoms with E-state index < -0.39 is 0 Å². The lowest BCUT2D eigenvalue weighted by atomic mass is 9.96. The highest BCUT2D eigenvalue weighted by molar-refractivity contribution is 6.30. The first kappa shape index (κ1) is 13.4. The Morgan fingerprint density at radius 3 is 3.00 bits per heavy atom. The molecule has 0 amide bonds. The van der Waals surface area contributed by atoms with Gasteiger partial charge in [0.15, 0.2) is 5.78 Å². The average molecular weight is 268 g/mol. The average Bonchev–Trinajstić information content (AvgIpc) is 2.40. The van der Waals surface area contributed by atoms with Crippen molar-refractivity contribution in [2.75, 3.05) is 13.7 Å². The SMILES string of the molecule is COc1ccc(Cl)cc1CC(=O)C1CCCCN1. The number of ether oxygens (including phenoxy) is 1. The van der Waals surface area contributed by atoms with Gasteiger partial charge >= 0.3 is 0 Å². The number of piperidine rings is 1. The van der Waals surface area contributed by atoms with Crippen molar-refractivity contribution in [2.24, 2.45) is 0 Å².